The Morgan fingerprint density at radius 3 is 2.31 bits per heavy atom. The number of nitrogens with one attached hydrogen (secondary N) is 2. The number of halogens is 3. The van der Waals surface area contributed by atoms with Gasteiger partial charge in [-0.25, -0.2) is 8.42 Å². The topological polar surface area (TPSA) is 73.8 Å². The van der Waals surface area contributed by atoms with Gasteiger partial charge in [0, 0.05) is 32.7 Å². The smallest absolute Gasteiger partial charge is 0.356 e. The van der Waals surface area contributed by atoms with Crippen LogP contribution in [0.5, 0.6) is 0 Å². The van der Waals surface area contributed by atoms with Gasteiger partial charge in [-0.05, 0) is 31.1 Å². The van der Waals surface area contributed by atoms with Crippen LogP contribution in [-0.4, -0.2) is 56.9 Å². The summed E-state index contributed by atoms with van der Waals surface area (Å²) >= 11 is 0. The number of hydrogen-bond donors (Lipinski definition) is 2. The average molecular weight is 398 g/mol. The maximum absolute atomic E-state index is 12.6. The number of aliphatic imine (C=N–C) groups is 1. The molecule has 1 saturated heterocycles. The van der Waals surface area contributed by atoms with Gasteiger partial charge in [-0.1, -0.05) is 26.2 Å². The minimum atomic E-state index is -5.23. The summed E-state index contributed by atoms with van der Waals surface area (Å²) in [6.07, 6.45) is 5.59. The highest BCUT2D eigenvalue weighted by atomic mass is 32.2. The van der Waals surface area contributed by atoms with Crippen LogP contribution in [0.4, 0.5) is 13.2 Å². The fraction of sp³-hybridized carbons (Fsp3) is 0.938. The largest absolute Gasteiger partial charge is 0.511 e. The monoisotopic (exact) mass is 398 g/mol. The molecule has 0 aromatic heterocycles. The molecule has 152 valence electrons. The summed E-state index contributed by atoms with van der Waals surface area (Å²) in [5.74, 6) is 1.89. The van der Waals surface area contributed by atoms with E-state index in [4.69, 9.17) is 0 Å². The number of hydrogen-bond acceptors (Lipinski definition) is 3. The number of alkyl halides is 3. The number of guanidine groups is 1. The van der Waals surface area contributed by atoms with Gasteiger partial charge in [0.2, 0.25) is 0 Å². The summed E-state index contributed by atoms with van der Waals surface area (Å²) in [5, 5.41) is 6.52. The van der Waals surface area contributed by atoms with Gasteiger partial charge in [0.25, 0.3) is 0 Å². The second-order valence-electron chi connectivity index (χ2n) is 7.24. The molecule has 2 rings (SSSR count). The third-order valence-corrected chi connectivity index (χ3v) is 7.10. The van der Waals surface area contributed by atoms with Crippen molar-refractivity contribution in [1.29, 1.82) is 0 Å². The summed E-state index contributed by atoms with van der Waals surface area (Å²) in [5.41, 5.74) is -5.23. The minimum absolute atomic E-state index is 0.0929. The highest BCUT2D eigenvalue weighted by Gasteiger charge is 2.50. The summed E-state index contributed by atoms with van der Waals surface area (Å²) in [4.78, 5) is 4.18. The predicted octanol–water partition coefficient (Wildman–Crippen LogP) is 2.29. The zero-order valence-corrected chi connectivity index (χ0v) is 16.2. The van der Waals surface area contributed by atoms with Crippen LogP contribution in [0.1, 0.15) is 45.4 Å². The average Bonchev–Trinajstić information content (AvgIpc) is 2.59. The molecule has 0 aromatic carbocycles. The molecule has 0 amide bonds. The molecule has 0 spiro atoms. The van der Waals surface area contributed by atoms with E-state index < -0.39 is 15.5 Å². The van der Waals surface area contributed by atoms with Crippen molar-refractivity contribution >= 4 is 16.0 Å². The van der Waals surface area contributed by atoms with Crippen LogP contribution >= 0.6 is 0 Å². The Morgan fingerprint density at radius 2 is 1.77 bits per heavy atom. The van der Waals surface area contributed by atoms with Gasteiger partial charge < -0.3 is 10.6 Å². The van der Waals surface area contributed by atoms with E-state index in [-0.39, 0.29) is 19.1 Å². The normalized spacial score (nSPS) is 27.3. The third kappa shape index (κ3) is 5.25. The molecule has 26 heavy (non-hydrogen) atoms. The lowest BCUT2D eigenvalue weighted by molar-refractivity contribution is -0.0494. The Kier molecular flexibility index (Phi) is 7.18. The van der Waals surface area contributed by atoms with E-state index in [1.165, 1.54) is 25.7 Å². The first-order chi connectivity index (χ1) is 12.1. The van der Waals surface area contributed by atoms with Crippen molar-refractivity contribution in [2.24, 2.45) is 16.8 Å². The molecular weight excluding hydrogens is 369 g/mol. The number of rotatable bonds is 4. The van der Waals surface area contributed by atoms with E-state index in [1.807, 2.05) is 0 Å². The molecule has 2 atom stereocenters. The Balaban J connectivity index is 1.80. The fourth-order valence-corrected chi connectivity index (χ4v) is 4.68. The van der Waals surface area contributed by atoms with Crippen LogP contribution in [0.2, 0.25) is 0 Å². The lowest BCUT2D eigenvalue weighted by atomic mass is 9.80. The first-order valence-corrected chi connectivity index (χ1v) is 10.6. The summed E-state index contributed by atoms with van der Waals surface area (Å²) in [6, 6.07) is -0.0929. The van der Waals surface area contributed by atoms with Crippen molar-refractivity contribution in [1.82, 2.24) is 14.9 Å². The second kappa shape index (κ2) is 8.77. The van der Waals surface area contributed by atoms with Crippen molar-refractivity contribution in [3.05, 3.63) is 0 Å². The molecule has 1 aliphatic heterocycles. The van der Waals surface area contributed by atoms with E-state index in [0.717, 1.165) is 6.54 Å². The first kappa shape index (κ1) is 21.3. The molecule has 2 unspecified atom stereocenters. The van der Waals surface area contributed by atoms with Crippen LogP contribution in [-0.2, 0) is 10.0 Å². The molecule has 1 heterocycles. The van der Waals surface area contributed by atoms with E-state index in [1.54, 1.807) is 7.05 Å². The van der Waals surface area contributed by atoms with Crippen molar-refractivity contribution < 1.29 is 21.6 Å². The fourth-order valence-electron chi connectivity index (χ4n) is 3.70. The van der Waals surface area contributed by atoms with Crippen LogP contribution in [0.15, 0.2) is 4.99 Å². The molecule has 1 aliphatic carbocycles. The number of nitrogens with zero attached hydrogens (tertiary/aromatic N) is 2. The summed E-state index contributed by atoms with van der Waals surface area (Å²) in [6.45, 7) is 2.80. The van der Waals surface area contributed by atoms with Crippen molar-refractivity contribution in [2.75, 3.05) is 26.7 Å². The zero-order valence-electron chi connectivity index (χ0n) is 15.3. The Labute approximate surface area is 153 Å². The number of piperidine rings is 1. The SMILES string of the molecule is CN=C(NCC1CCCCC1C)NC1CCN(S(=O)(=O)C(F)(F)F)CC1. The van der Waals surface area contributed by atoms with Gasteiger partial charge in [-0.3, -0.25) is 4.99 Å². The van der Waals surface area contributed by atoms with E-state index in [0.29, 0.717) is 34.9 Å². The van der Waals surface area contributed by atoms with Gasteiger partial charge in [0.05, 0.1) is 0 Å². The molecule has 1 saturated carbocycles. The van der Waals surface area contributed by atoms with Crippen molar-refractivity contribution in [3.8, 4) is 0 Å². The van der Waals surface area contributed by atoms with E-state index in [2.05, 4.69) is 22.5 Å². The van der Waals surface area contributed by atoms with Crippen LogP contribution in [0.3, 0.4) is 0 Å². The zero-order chi connectivity index (χ0) is 19.4. The van der Waals surface area contributed by atoms with E-state index >= 15 is 0 Å². The second-order valence-corrected chi connectivity index (χ2v) is 9.17. The maximum Gasteiger partial charge on any atom is 0.511 e. The minimum Gasteiger partial charge on any atom is -0.356 e. The summed E-state index contributed by atoms with van der Waals surface area (Å²) < 4.78 is 61.3. The van der Waals surface area contributed by atoms with Crippen LogP contribution < -0.4 is 10.6 Å². The highest BCUT2D eigenvalue weighted by Crippen LogP contribution is 2.30. The molecule has 2 aliphatic rings. The van der Waals surface area contributed by atoms with Crippen LogP contribution in [0, 0.1) is 11.8 Å². The van der Waals surface area contributed by atoms with E-state index in [9.17, 15) is 21.6 Å². The molecule has 0 radical (unpaired) electrons. The van der Waals surface area contributed by atoms with Gasteiger partial charge in [-0.15, -0.1) is 0 Å². The molecule has 10 heteroatoms. The molecule has 2 N–H and O–H groups in total. The Hall–Kier alpha value is -1.03. The molecule has 2 fully saturated rings. The summed E-state index contributed by atoms with van der Waals surface area (Å²) in [7, 11) is -3.57. The van der Waals surface area contributed by atoms with Crippen molar-refractivity contribution in [2.45, 2.75) is 57.0 Å². The molecule has 0 bridgehead atoms. The van der Waals surface area contributed by atoms with Gasteiger partial charge in [-0.2, -0.15) is 17.5 Å². The molecular formula is C16H29F3N4O2S. The van der Waals surface area contributed by atoms with Crippen molar-refractivity contribution in [3.63, 3.8) is 0 Å². The Morgan fingerprint density at radius 1 is 1.15 bits per heavy atom. The number of sulfonamides is 1. The van der Waals surface area contributed by atoms with Gasteiger partial charge in [0.15, 0.2) is 5.96 Å². The predicted molar refractivity (Wildman–Crippen MR) is 95.2 cm³/mol. The lowest BCUT2D eigenvalue weighted by Gasteiger charge is -2.33. The van der Waals surface area contributed by atoms with Gasteiger partial charge in [0.1, 0.15) is 0 Å². The highest BCUT2D eigenvalue weighted by molar-refractivity contribution is 7.90. The molecule has 6 nitrogen and oxygen atoms in total. The quantitative estimate of drug-likeness (QED) is 0.563. The Bertz CT molecular complexity index is 587. The van der Waals surface area contributed by atoms with Gasteiger partial charge >= 0.3 is 15.5 Å². The third-order valence-electron chi connectivity index (χ3n) is 5.47. The molecule has 0 aromatic rings. The standard InChI is InChI=1S/C16H29F3N4O2S/c1-12-5-3-4-6-13(12)11-21-15(20-2)22-14-7-9-23(10-8-14)26(24,25)16(17,18)19/h12-14H,3-11H2,1-2H3,(H2,20,21,22). The first-order valence-electron chi connectivity index (χ1n) is 9.18. The maximum atomic E-state index is 12.6. The van der Waals surface area contributed by atoms with Crippen LogP contribution in [0.25, 0.3) is 0 Å². The lowest BCUT2D eigenvalue weighted by Crippen LogP contribution is -2.52.